The maximum atomic E-state index is 12.6. The number of ether oxygens (including phenoxy) is 1. The molecule has 6 heteroatoms. The molecule has 1 aliphatic heterocycles. The molecule has 1 fully saturated rings. The van der Waals surface area contributed by atoms with E-state index in [9.17, 15) is 4.79 Å². The van der Waals surface area contributed by atoms with Crippen LogP contribution in [0.1, 0.15) is 41.6 Å². The van der Waals surface area contributed by atoms with Gasteiger partial charge in [0.1, 0.15) is 11.8 Å². The van der Waals surface area contributed by atoms with Crippen LogP contribution in [-0.2, 0) is 17.6 Å². The molecule has 31 heavy (non-hydrogen) atoms. The first-order valence-electron chi connectivity index (χ1n) is 10.8. The largest absolute Gasteiger partial charge is 0.493 e. The predicted molar refractivity (Wildman–Crippen MR) is 122 cm³/mol. The van der Waals surface area contributed by atoms with E-state index >= 15 is 0 Å². The number of nitrogens with one attached hydrogen (secondary N) is 3. The van der Waals surface area contributed by atoms with E-state index in [2.05, 4.69) is 51.7 Å². The van der Waals surface area contributed by atoms with Crippen LogP contribution in [0.4, 0.5) is 0 Å². The highest BCUT2D eigenvalue weighted by molar-refractivity contribution is 5.94. The molecule has 0 saturated carbocycles. The number of rotatable bonds is 6. The van der Waals surface area contributed by atoms with Crippen LogP contribution in [0.3, 0.4) is 0 Å². The summed E-state index contributed by atoms with van der Waals surface area (Å²) in [6.07, 6.45) is 4.51. The number of carbonyl (C=O) groups excluding carboxylic acids is 1. The molecule has 3 aromatic carbocycles. The van der Waals surface area contributed by atoms with Crippen LogP contribution < -0.4 is 21.0 Å². The Morgan fingerprint density at radius 1 is 1.10 bits per heavy atom. The second kappa shape index (κ2) is 8.49. The SMILES string of the molecule is CCOc1ccccc1/C=N/NC(=O)C1CC(c2ccc3c4c(cccc24)CC3)NN1. The number of hydrazone groups is 1. The summed E-state index contributed by atoms with van der Waals surface area (Å²) in [6, 6.07) is 18.3. The third-order valence-corrected chi connectivity index (χ3v) is 6.10. The van der Waals surface area contributed by atoms with E-state index in [1.165, 1.54) is 27.5 Å². The Morgan fingerprint density at radius 3 is 2.81 bits per heavy atom. The van der Waals surface area contributed by atoms with Gasteiger partial charge in [0, 0.05) is 11.6 Å². The monoisotopic (exact) mass is 414 g/mol. The van der Waals surface area contributed by atoms with Crippen molar-refractivity contribution < 1.29 is 9.53 Å². The summed E-state index contributed by atoms with van der Waals surface area (Å²) in [6.45, 7) is 2.51. The first kappa shape index (κ1) is 19.7. The number of hydrazine groups is 1. The molecule has 1 saturated heterocycles. The number of para-hydroxylation sites is 1. The molecule has 3 N–H and O–H groups in total. The van der Waals surface area contributed by atoms with E-state index in [4.69, 9.17) is 4.74 Å². The lowest BCUT2D eigenvalue weighted by molar-refractivity contribution is -0.122. The Balaban J connectivity index is 1.27. The zero-order valence-corrected chi connectivity index (χ0v) is 17.5. The molecule has 1 amide bonds. The van der Waals surface area contributed by atoms with Gasteiger partial charge in [0.2, 0.25) is 0 Å². The fraction of sp³-hybridized carbons (Fsp3) is 0.280. The normalized spacial score (nSPS) is 19.9. The van der Waals surface area contributed by atoms with Gasteiger partial charge in [0.15, 0.2) is 0 Å². The van der Waals surface area contributed by atoms with Gasteiger partial charge in [-0.1, -0.05) is 42.5 Å². The Bertz CT molecular complexity index is 1150. The minimum Gasteiger partial charge on any atom is -0.493 e. The van der Waals surface area contributed by atoms with Crippen LogP contribution in [0.2, 0.25) is 0 Å². The van der Waals surface area contributed by atoms with E-state index in [0.717, 1.165) is 24.2 Å². The molecule has 5 rings (SSSR count). The van der Waals surface area contributed by atoms with Crippen molar-refractivity contribution in [1.29, 1.82) is 0 Å². The standard InChI is InChI=1S/C25H26N4O2/c1-2-31-23-9-4-3-6-18(23)15-26-29-25(30)22-14-21(27-28-22)19-13-12-17-11-10-16-7-5-8-20(19)24(16)17/h3-9,12-13,15,21-22,27-28H,2,10-11,14H2,1H3,(H,29,30)/b26-15+. The summed E-state index contributed by atoms with van der Waals surface area (Å²) >= 11 is 0. The summed E-state index contributed by atoms with van der Waals surface area (Å²) in [7, 11) is 0. The Morgan fingerprint density at radius 2 is 1.94 bits per heavy atom. The lowest BCUT2D eigenvalue weighted by Gasteiger charge is -2.14. The summed E-state index contributed by atoms with van der Waals surface area (Å²) in [5, 5.41) is 6.82. The first-order chi connectivity index (χ1) is 15.2. The number of carbonyl (C=O) groups is 1. The number of benzene rings is 3. The molecule has 6 nitrogen and oxygen atoms in total. The zero-order valence-electron chi connectivity index (χ0n) is 17.5. The molecule has 2 aliphatic rings. The molecule has 2 atom stereocenters. The van der Waals surface area contributed by atoms with Crippen molar-refractivity contribution in [3.8, 4) is 5.75 Å². The molecule has 2 unspecified atom stereocenters. The van der Waals surface area contributed by atoms with E-state index < -0.39 is 0 Å². The molecular formula is C25H26N4O2. The summed E-state index contributed by atoms with van der Waals surface area (Å²) in [5.41, 5.74) is 14.0. The van der Waals surface area contributed by atoms with Gasteiger partial charge in [-0.3, -0.25) is 4.79 Å². The van der Waals surface area contributed by atoms with Gasteiger partial charge in [0.05, 0.1) is 12.8 Å². The van der Waals surface area contributed by atoms with E-state index in [1.807, 2.05) is 31.2 Å². The molecule has 0 radical (unpaired) electrons. The number of nitrogens with zero attached hydrogens (tertiary/aromatic N) is 1. The summed E-state index contributed by atoms with van der Waals surface area (Å²) in [4.78, 5) is 12.6. The van der Waals surface area contributed by atoms with Gasteiger partial charge < -0.3 is 4.74 Å². The van der Waals surface area contributed by atoms with Crippen LogP contribution >= 0.6 is 0 Å². The minimum absolute atomic E-state index is 0.0725. The van der Waals surface area contributed by atoms with Gasteiger partial charge >= 0.3 is 0 Å². The fourth-order valence-electron chi connectivity index (χ4n) is 4.62. The summed E-state index contributed by atoms with van der Waals surface area (Å²) < 4.78 is 5.59. The lowest BCUT2D eigenvalue weighted by Crippen LogP contribution is -2.41. The Labute approximate surface area is 181 Å². The van der Waals surface area contributed by atoms with Gasteiger partial charge in [-0.25, -0.2) is 16.3 Å². The van der Waals surface area contributed by atoms with Gasteiger partial charge in [-0.15, -0.1) is 0 Å². The van der Waals surface area contributed by atoms with Crippen molar-refractivity contribution in [2.75, 3.05) is 6.61 Å². The van der Waals surface area contributed by atoms with Gasteiger partial charge in [-0.05, 0) is 65.8 Å². The second-order valence-electron chi connectivity index (χ2n) is 7.99. The maximum Gasteiger partial charge on any atom is 0.258 e. The molecule has 3 aromatic rings. The average Bonchev–Trinajstić information content (AvgIpc) is 3.44. The second-order valence-corrected chi connectivity index (χ2v) is 7.99. The highest BCUT2D eigenvalue weighted by Gasteiger charge is 2.31. The van der Waals surface area contributed by atoms with Crippen LogP contribution in [-0.4, -0.2) is 24.8 Å². The van der Waals surface area contributed by atoms with Crippen molar-refractivity contribution in [2.24, 2.45) is 5.10 Å². The minimum atomic E-state index is -0.354. The average molecular weight is 415 g/mol. The lowest BCUT2D eigenvalue weighted by atomic mass is 9.93. The highest BCUT2D eigenvalue weighted by Crippen LogP contribution is 2.36. The third-order valence-electron chi connectivity index (χ3n) is 6.10. The van der Waals surface area contributed by atoms with Crippen molar-refractivity contribution >= 4 is 22.9 Å². The topological polar surface area (TPSA) is 74.8 Å². The molecule has 0 bridgehead atoms. The van der Waals surface area contributed by atoms with Crippen LogP contribution in [0.25, 0.3) is 10.8 Å². The molecule has 1 heterocycles. The molecule has 1 aliphatic carbocycles. The van der Waals surface area contributed by atoms with Crippen LogP contribution in [0.15, 0.2) is 59.7 Å². The molecule has 0 aromatic heterocycles. The Hall–Kier alpha value is -3.22. The van der Waals surface area contributed by atoms with Gasteiger partial charge in [0.25, 0.3) is 5.91 Å². The molecule has 0 spiro atoms. The highest BCUT2D eigenvalue weighted by atomic mass is 16.5. The van der Waals surface area contributed by atoms with Crippen LogP contribution in [0.5, 0.6) is 5.75 Å². The van der Waals surface area contributed by atoms with Gasteiger partial charge in [-0.2, -0.15) is 5.10 Å². The fourth-order valence-corrected chi connectivity index (χ4v) is 4.62. The number of aryl methyl sites for hydroxylation is 2. The van der Waals surface area contributed by atoms with E-state index in [0.29, 0.717) is 13.0 Å². The third kappa shape index (κ3) is 3.80. The number of hydrogen-bond donors (Lipinski definition) is 3. The maximum absolute atomic E-state index is 12.6. The number of amides is 1. The number of hydrogen-bond acceptors (Lipinski definition) is 5. The molecular weight excluding hydrogens is 388 g/mol. The zero-order chi connectivity index (χ0) is 21.2. The predicted octanol–water partition coefficient (Wildman–Crippen LogP) is 3.40. The van der Waals surface area contributed by atoms with E-state index in [-0.39, 0.29) is 18.0 Å². The smallest absolute Gasteiger partial charge is 0.258 e. The summed E-state index contributed by atoms with van der Waals surface area (Å²) in [5.74, 6) is 0.585. The van der Waals surface area contributed by atoms with E-state index in [1.54, 1.807) is 6.21 Å². The van der Waals surface area contributed by atoms with Crippen molar-refractivity contribution in [1.82, 2.24) is 16.3 Å². The molecule has 158 valence electrons. The van der Waals surface area contributed by atoms with Crippen molar-refractivity contribution in [2.45, 2.75) is 38.3 Å². The quantitative estimate of drug-likeness (QED) is 0.427. The van der Waals surface area contributed by atoms with Crippen LogP contribution in [0, 0.1) is 0 Å². The van der Waals surface area contributed by atoms with Crippen molar-refractivity contribution in [3.63, 3.8) is 0 Å². The Kier molecular flexibility index (Phi) is 5.40. The van der Waals surface area contributed by atoms with Crippen molar-refractivity contribution in [3.05, 3.63) is 76.9 Å². The first-order valence-corrected chi connectivity index (χ1v) is 10.8.